The third kappa shape index (κ3) is 1.57. The maximum atomic E-state index is 6.00. The maximum absolute atomic E-state index is 6.00. The summed E-state index contributed by atoms with van der Waals surface area (Å²) in [4.78, 5) is 4.17. The van der Waals surface area contributed by atoms with Gasteiger partial charge in [0.15, 0.2) is 0 Å². The number of hydrogen-bond donors (Lipinski definition) is 1. The molecule has 2 aromatic heterocycles. The molecule has 0 aliphatic heterocycles. The van der Waals surface area contributed by atoms with Gasteiger partial charge in [-0.3, -0.25) is 4.40 Å². The van der Waals surface area contributed by atoms with E-state index in [2.05, 4.69) is 15.2 Å². The molecule has 0 radical (unpaired) electrons. The Morgan fingerprint density at radius 3 is 3.12 bits per heavy atom. The first kappa shape index (κ1) is 9.72. The van der Waals surface area contributed by atoms with E-state index < -0.39 is 0 Å². The second-order valence-electron chi connectivity index (χ2n) is 4.47. The van der Waals surface area contributed by atoms with E-state index in [-0.39, 0.29) is 0 Å². The molecule has 2 N–H and O–H groups in total. The van der Waals surface area contributed by atoms with E-state index in [1.807, 2.05) is 16.7 Å². The lowest BCUT2D eigenvalue weighted by Gasteiger charge is -2.25. The van der Waals surface area contributed by atoms with Gasteiger partial charge in [-0.1, -0.05) is 6.42 Å². The molecule has 84 valence electrons. The van der Waals surface area contributed by atoms with Crippen LogP contribution in [0.15, 0.2) is 18.5 Å². The number of aromatic nitrogens is 4. The fourth-order valence-electron chi connectivity index (χ4n) is 2.50. The Morgan fingerprint density at radius 2 is 2.25 bits per heavy atom. The van der Waals surface area contributed by atoms with E-state index in [9.17, 15) is 0 Å². The van der Waals surface area contributed by atoms with E-state index in [0.29, 0.717) is 17.7 Å². The van der Waals surface area contributed by atoms with Crippen molar-refractivity contribution in [1.82, 2.24) is 19.6 Å². The number of nitrogens with zero attached hydrogens (tertiary/aromatic N) is 4. The van der Waals surface area contributed by atoms with E-state index in [0.717, 1.165) is 25.1 Å². The smallest absolute Gasteiger partial charge is 0.254 e. The highest BCUT2D eigenvalue weighted by molar-refractivity contribution is 5.27. The fraction of sp³-hybridized carbons (Fsp3) is 0.545. The predicted molar refractivity (Wildman–Crippen MR) is 60.0 cm³/mol. The van der Waals surface area contributed by atoms with Gasteiger partial charge in [-0.15, -0.1) is 10.2 Å². The zero-order chi connectivity index (χ0) is 11.0. The summed E-state index contributed by atoms with van der Waals surface area (Å²) in [5, 5.41) is 8.33. The Balaban J connectivity index is 1.99. The van der Waals surface area contributed by atoms with Gasteiger partial charge in [0.05, 0.1) is 0 Å². The van der Waals surface area contributed by atoms with Crippen LogP contribution in [-0.4, -0.2) is 25.6 Å². The lowest BCUT2D eigenvalue weighted by molar-refractivity contribution is 0.380. The first-order chi connectivity index (χ1) is 7.84. The van der Waals surface area contributed by atoms with Gasteiger partial charge in [0.25, 0.3) is 5.78 Å². The van der Waals surface area contributed by atoms with Crippen molar-refractivity contribution in [3.05, 3.63) is 24.3 Å². The molecule has 16 heavy (non-hydrogen) atoms. The Hall–Kier alpha value is -1.49. The number of hydrogen-bond acceptors (Lipinski definition) is 4. The average molecular weight is 217 g/mol. The van der Waals surface area contributed by atoms with E-state index in [1.54, 1.807) is 6.20 Å². The van der Waals surface area contributed by atoms with E-state index >= 15 is 0 Å². The van der Waals surface area contributed by atoms with Gasteiger partial charge in [0.2, 0.25) is 0 Å². The van der Waals surface area contributed by atoms with Gasteiger partial charge in [-0.25, -0.2) is 4.98 Å². The molecule has 5 heteroatoms. The highest BCUT2D eigenvalue weighted by Gasteiger charge is 2.24. The molecule has 1 aliphatic carbocycles. The summed E-state index contributed by atoms with van der Waals surface area (Å²) in [5.74, 6) is 2.12. The van der Waals surface area contributed by atoms with Crippen LogP contribution < -0.4 is 5.73 Å². The lowest BCUT2D eigenvalue weighted by atomic mass is 9.86. The van der Waals surface area contributed by atoms with Gasteiger partial charge in [-0.2, -0.15) is 0 Å². The van der Waals surface area contributed by atoms with E-state index in [4.69, 9.17) is 5.73 Å². The Bertz CT molecular complexity index is 492. The molecule has 2 unspecified atom stereocenters. The molecule has 1 aliphatic rings. The molecule has 5 nitrogen and oxygen atoms in total. The van der Waals surface area contributed by atoms with Gasteiger partial charge in [0, 0.05) is 24.4 Å². The van der Waals surface area contributed by atoms with Gasteiger partial charge >= 0.3 is 0 Å². The van der Waals surface area contributed by atoms with Crippen molar-refractivity contribution in [2.75, 3.05) is 0 Å². The second-order valence-corrected chi connectivity index (χ2v) is 4.47. The average Bonchev–Trinajstić information content (AvgIpc) is 2.72. The molecular weight excluding hydrogens is 202 g/mol. The zero-order valence-corrected chi connectivity index (χ0v) is 9.08. The van der Waals surface area contributed by atoms with Crippen molar-refractivity contribution in [3.8, 4) is 0 Å². The van der Waals surface area contributed by atoms with Crippen LogP contribution in [-0.2, 0) is 0 Å². The van der Waals surface area contributed by atoms with Crippen molar-refractivity contribution in [2.45, 2.75) is 37.6 Å². The summed E-state index contributed by atoms with van der Waals surface area (Å²) < 4.78 is 1.97. The summed E-state index contributed by atoms with van der Waals surface area (Å²) in [7, 11) is 0. The van der Waals surface area contributed by atoms with Crippen LogP contribution in [0.4, 0.5) is 0 Å². The molecule has 0 spiro atoms. The standard InChI is InChI=1S/C11H15N5/c12-9-4-1-3-8(7-9)10-14-15-11-13-5-2-6-16(10)11/h2,5-6,8-9H,1,3-4,7,12H2. The molecular formula is C11H15N5. The van der Waals surface area contributed by atoms with Crippen molar-refractivity contribution in [1.29, 1.82) is 0 Å². The number of nitrogens with two attached hydrogens (primary N) is 1. The van der Waals surface area contributed by atoms with Crippen LogP contribution in [0.2, 0.25) is 0 Å². The summed E-state index contributed by atoms with van der Waals surface area (Å²) >= 11 is 0. The molecule has 2 aromatic rings. The number of rotatable bonds is 1. The van der Waals surface area contributed by atoms with Crippen LogP contribution in [0.3, 0.4) is 0 Å². The minimum Gasteiger partial charge on any atom is -0.328 e. The van der Waals surface area contributed by atoms with Crippen LogP contribution >= 0.6 is 0 Å². The van der Waals surface area contributed by atoms with Gasteiger partial charge < -0.3 is 5.73 Å². The highest BCUT2D eigenvalue weighted by Crippen LogP contribution is 2.30. The van der Waals surface area contributed by atoms with Crippen LogP contribution in [0.5, 0.6) is 0 Å². The molecule has 1 fully saturated rings. The molecule has 0 aromatic carbocycles. The maximum Gasteiger partial charge on any atom is 0.254 e. The molecule has 0 saturated heterocycles. The lowest BCUT2D eigenvalue weighted by Crippen LogP contribution is -2.27. The summed E-state index contributed by atoms with van der Waals surface area (Å²) in [5.41, 5.74) is 6.00. The molecule has 3 rings (SSSR count). The first-order valence-corrected chi connectivity index (χ1v) is 5.76. The Morgan fingerprint density at radius 1 is 1.31 bits per heavy atom. The Kier molecular flexibility index (Phi) is 2.32. The van der Waals surface area contributed by atoms with E-state index in [1.165, 1.54) is 6.42 Å². The topological polar surface area (TPSA) is 69.1 Å². The van der Waals surface area contributed by atoms with Crippen molar-refractivity contribution in [2.24, 2.45) is 5.73 Å². The molecule has 0 amide bonds. The van der Waals surface area contributed by atoms with Crippen molar-refractivity contribution in [3.63, 3.8) is 0 Å². The van der Waals surface area contributed by atoms with Crippen LogP contribution in [0.25, 0.3) is 5.78 Å². The monoisotopic (exact) mass is 217 g/mol. The molecule has 2 heterocycles. The van der Waals surface area contributed by atoms with Crippen LogP contribution in [0, 0.1) is 0 Å². The largest absolute Gasteiger partial charge is 0.328 e. The molecule has 0 bridgehead atoms. The van der Waals surface area contributed by atoms with Crippen molar-refractivity contribution < 1.29 is 0 Å². The third-order valence-electron chi connectivity index (χ3n) is 3.30. The predicted octanol–water partition coefficient (Wildman–Crippen LogP) is 1.11. The van der Waals surface area contributed by atoms with Crippen LogP contribution in [0.1, 0.15) is 37.4 Å². The summed E-state index contributed by atoms with van der Waals surface area (Å²) in [6, 6.07) is 2.21. The molecule has 1 saturated carbocycles. The number of fused-ring (bicyclic) bond motifs is 1. The first-order valence-electron chi connectivity index (χ1n) is 5.76. The SMILES string of the molecule is NC1CCCC(c2nnc3ncccn23)C1. The van der Waals surface area contributed by atoms with Crippen molar-refractivity contribution >= 4 is 5.78 Å². The minimum absolute atomic E-state index is 0.308. The second kappa shape index (κ2) is 3.83. The summed E-state index contributed by atoms with van der Waals surface area (Å²) in [6.45, 7) is 0. The van der Waals surface area contributed by atoms with Gasteiger partial charge in [-0.05, 0) is 25.3 Å². The Labute approximate surface area is 93.7 Å². The normalized spacial score (nSPS) is 26.1. The molecule has 2 atom stereocenters. The fourth-order valence-corrected chi connectivity index (χ4v) is 2.50. The minimum atomic E-state index is 0.308. The van der Waals surface area contributed by atoms with Gasteiger partial charge in [0.1, 0.15) is 5.82 Å². The highest BCUT2D eigenvalue weighted by atomic mass is 15.3. The summed E-state index contributed by atoms with van der Waals surface area (Å²) in [6.07, 6.45) is 8.18. The third-order valence-corrected chi connectivity index (χ3v) is 3.30. The zero-order valence-electron chi connectivity index (χ0n) is 9.08. The quantitative estimate of drug-likeness (QED) is 0.776.